The van der Waals surface area contributed by atoms with Crippen molar-refractivity contribution < 1.29 is 20.1 Å². The molecule has 162 valence electrons. The minimum absolute atomic E-state index is 0.00430. The molecule has 0 radical (unpaired) electrons. The van der Waals surface area contributed by atoms with Crippen LogP contribution in [0.15, 0.2) is 70.9 Å². The van der Waals surface area contributed by atoms with Crippen molar-refractivity contribution in [2.45, 2.75) is 26.8 Å². The van der Waals surface area contributed by atoms with Crippen LogP contribution in [0, 0.1) is 13.8 Å². The first-order valence-corrected chi connectivity index (χ1v) is 10.2. The Balaban J connectivity index is 1.76. The van der Waals surface area contributed by atoms with Crippen molar-refractivity contribution in [3.8, 4) is 22.8 Å². The molecule has 7 heteroatoms. The van der Waals surface area contributed by atoms with Crippen LogP contribution in [0.2, 0.25) is 0 Å². The molecule has 3 aromatic carbocycles. The van der Waals surface area contributed by atoms with Crippen molar-refractivity contribution in [1.82, 2.24) is 4.57 Å². The number of nitrogens with zero attached hydrogens (tertiary/aromatic N) is 3. The third kappa shape index (κ3) is 4.05. The average Bonchev–Trinajstić information content (AvgIpc) is 3.01. The number of para-hydroxylation sites is 2. The molecule has 3 N–H and O–H groups in total. The number of aryl methyl sites for hydroxylation is 3. The van der Waals surface area contributed by atoms with Crippen LogP contribution < -0.4 is 0 Å². The van der Waals surface area contributed by atoms with Crippen LogP contribution in [0.1, 0.15) is 17.5 Å². The summed E-state index contributed by atoms with van der Waals surface area (Å²) in [5, 5.41) is 39.7. The van der Waals surface area contributed by atoms with Crippen molar-refractivity contribution in [2.24, 2.45) is 10.2 Å². The summed E-state index contributed by atoms with van der Waals surface area (Å²) in [4.78, 5) is 11.0. The van der Waals surface area contributed by atoms with Gasteiger partial charge in [-0.2, -0.15) is 0 Å². The molecule has 0 aliphatic carbocycles. The number of carboxylic acid groups (broad SMARTS) is 1. The van der Waals surface area contributed by atoms with Crippen molar-refractivity contribution in [2.75, 3.05) is 0 Å². The molecule has 32 heavy (non-hydrogen) atoms. The van der Waals surface area contributed by atoms with Crippen molar-refractivity contribution in [3.05, 3.63) is 71.8 Å². The molecule has 1 heterocycles. The van der Waals surface area contributed by atoms with Gasteiger partial charge in [0.15, 0.2) is 11.4 Å². The van der Waals surface area contributed by atoms with Gasteiger partial charge in [-0.05, 0) is 31.5 Å². The number of carbonyl (C=O) groups is 1. The molecule has 0 unspecified atom stereocenters. The fourth-order valence-electron chi connectivity index (χ4n) is 3.88. The maximum atomic E-state index is 11.0. The number of phenolic OH excluding ortho intramolecular Hbond substituents is 1. The summed E-state index contributed by atoms with van der Waals surface area (Å²) in [6.45, 7) is 4.10. The van der Waals surface area contributed by atoms with E-state index in [1.807, 2.05) is 32.0 Å². The van der Waals surface area contributed by atoms with Gasteiger partial charge in [-0.25, -0.2) is 0 Å². The number of hydrogen-bond donors (Lipinski definition) is 3. The van der Waals surface area contributed by atoms with E-state index in [-0.39, 0.29) is 36.0 Å². The molecule has 4 rings (SSSR count). The summed E-state index contributed by atoms with van der Waals surface area (Å²) in [5.74, 6) is -1.13. The maximum Gasteiger partial charge on any atom is 0.305 e. The van der Waals surface area contributed by atoms with Gasteiger partial charge in [0.25, 0.3) is 0 Å². The summed E-state index contributed by atoms with van der Waals surface area (Å²) in [6, 6.07) is 18.5. The zero-order valence-electron chi connectivity index (χ0n) is 17.8. The molecule has 0 spiro atoms. The van der Waals surface area contributed by atoms with E-state index in [9.17, 15) is 15.0 Å². The Morgan fingerprint density at radius 2 is 1.66 bits per heavy atom. The van der Waals surface area contributed by atoms with E-state index >= 15 is 0 Å². The number of aliphatic carboxylic acids is 1. The lowest BCUT2D eigenvalue weighted by Gasteiger charge is -2.09. The van der Waals surface area contributed by atoms with Crippen LogP contribution >= 0.6 is 0 Å². The first-order chi connectivity index (χ1) is 15.3. The Morgan fingerprint density at radius 1 is 0.938 bits per heavy atom. The molecule has 0 aliphatic heterocycles. The van der Waals surface area contributed by atoms with Gasteiger partial charge >= 0.3 is 5.97 Å². The molecule has 0 aliphatic rings. The third-order valence-corrected chi connectivity index (χ3v) is 5.27. The Bertz CT molecular complexity index is 1330. The first kappa shape index (κ1) is 21.1. The number of aromatic hydroxyl groups is 2. The highest BCUT2D eigenvalue weighted by Crippen LogP contribution is 2.42. The van der Waals surface area contributed by atoms with Gasteiger partial charge in [0.05, 0.1) is 11.9 Å². The number of hydrogen-bond acceptors (Lipinski definition) is 5. The number of fused-ring (bicyclic) bond motifs is 1. The van der Waals surface area contributed by atoms with Crippen LogP contribution in [0.4, 0.5) is 11.4 Å². The smallest absolute Gasteiger partial charge is 0.305 e. The highest BCUT2D eigenvalue weighted by Gasteiger charge is 2.17. The Kier molecular flexibility index (Phi) is 5.64. The molecular formula is C25H23N3O4. The third-order valence-electron chi connectivity index (χ3n) is 5.27. The lowest BCUT2D eigenvalue weighted by atomic mass is 9.99. The first-order valence-electron chi connectivity index (χ1n) is 10.2. The predicted molar refractivity (Wildman–Crippen MR) is 123 cm³/mol. The van der Waals surface area contributed by atoms with Crippen molar-refractivity contribution in [1.29, 1.82) is 0 Å². The molecule has 1 aromatic heterocycles. The summed E-state index contributed by atoms with van der Waals surface area (Å²) in [5.41, 5.74) is 4.85. The molecule has 0 fully saturated rings. The zero-order chi connectivity index (χ0) is 22.8. The maximum absolute atomic E-state index is 11.0. The van der Waals surface area contributed by atoms with Crippen LogP contribution in [-0.2, 0) is 11.3 Å². The number of azo groups is 1. The monoisotopic (exact) mass is 429 g/mol. The summed E-state index contributed by atoms with van der Waals surface area (Å²) in [7, 11) is 0. The molecule has 4 aromatic rings. The minimum Gasteiger partial charge on any atom is -0.505 e. The number of rotatable bonds is 6. The van der Waals surface area contributed by atoms with E-state index in [4.69, 9.17) is 5.11 Å². The number of carboxylic acids is 1. The second-order valence-corrected chi connectivity index (χ2v) is 7.73. The largest absolute Gasteiger partial charge is 0.505 e. The van der Waals surface area contributed by atoms with E-state index in [1.54, 1.807) is 36.4 Å². The average molecular weight is 429 g/mol. The minimum atomic E-state index is -0.960. The van der Waals surface area contributed by atoms with Crippen molar-refractivity contribution >= 4 is 28.2 Å². The van der Waals surface area contributed by atoms with E-state index < -0.39 is 5.97 Å². The van der Waals surface area contributed by atoms with Crippen molar-refractivity contribution in [3.63, 3.8) is 0 Å². The molecule has 0 saturated carbocycles. The zero-order valence-corrected chi connectivity index (χ0v) is 17.8. The summed E-state index contributed by atoms with van der Waals surface area (Å²) in [6.07, 6.45) is -0.137. The topological polar surface area (TPSA) is 107 Å². The molecule has 0 saturated heterocycles. The van der Waals surface area contributed by atoms with Gasteiger partial charge in [0.2, 0.25) is 5.88 Å². The normalized spacial score (nSPS) is 11.4. The lowest BCUT2D eigenvalue weighted by Crippen LogP contribution is -2.03. The highest BCUT2D eigenvalue weighted by molar-refractivity contribution is 5.95. The van der Waals surface area contributed by atoms with Crippen LogP contribution in [0.25, 0.3) is 22.0 Å². The Morgan fingerprint density at radius 3 is 2.38 bits per heavy atom. The quantitative estimate of drug-likeness (QED) is 0.316. The predicted octanol–water partition coefficient (Wildman–Crippen LogP) is 6.23. The molecular weight excluding hydrogens is 406 g/mol. The fraction of sp³-hybridized carbons (Fsp3) is 0.160. The van der Waals surface area contributed by atoms with Gasteiger partial charge in [-0.15, -0.1) is 10.2 Å². The molecule has 0 bridgehead atoms. The van der Waals surface area contributed by atoms with Crippen LogP contribution in [0.5, 0.6) is 11.6 Å². The van der Waals surface area contributed by atoms with Gasteiger partial charge < -0.3 is 19.9 Å². The van der Waals surface area contributed by atoms with E-state index in [0.717, 1.165) is 16.7 Å². The van der Waals surface area contributed by atoms with E-state index in [1.165, 1.54) is 4.57 Å². The van der Waals surface area contributed by atoms with E-state index in [0.29, 0.717) is 16.5 Å². The highest BCUT2D eigenvalue weighted by atomic mass is 16.4. The molecule has 0 atom stereocenters. The van der Waals surface area contributed by atoms with Gasteiger partial charge in [-0.1, -0.05) is 59.7 Å². The Labute approximate surface area is 184 Å². The van der Waals surface area contributed by atoms with E-state index in [2.05, 4.69) is 16.3 Å². The van der Waals surface area contributed by atoms with Gasteiger partial charge in [-0.3, -0.25) is 4.79 Å². The second kappa shape index (κ2) is 8.55. The Hall–Kier alpha value is -4.13. The fourth-order valence-corrected chi connectivity index (χ4v) is 3.88. The number of phenols is 1. The lowest BCUT2D eigenvalue weighted by molar-refractivity contribution is -0.137. The SMILES string of the molecule is Cc1cc(C)cc(-c2cccc(N=Nc3c(O)n(CCC(=O)O)c4ccccc34)c2O)c1. The molecule has 0 amide bonds. The van der Waals surface area contributed by atoms with Gasteiger partial charge in [0.1, 0.15) is 5.69 Å². The number of benzene rings is 3. The van der Waals surface area contributed by atoms with Crippen LogP contribution in [0.3, 0.4) is 0 Å². The van der Waals surface area contributed by atoms with Gasteiger partial charge in [0, 0.05) is 17.5 Å². The molecule has 7 nitrogen and oxygen atoms in total. The standard InChI is InChI=1S/C25H23N3O4/c1-15-12-16(2)14-17(13-15)18-7-5-8-20(24(18)31)26-27-23-19-6-3-4-9-21(19)28(25(23)32)11-10-22(29)30/h3-9,12-14,31-32H,10-11H2,1-2H3,(H,29,30). The summed E-state index contributed by atoms with van der Waals surface area (Å²) >= 11 is 0. The number of aromatic nitrogens is 1. The van der Waals surface area contributed by atoms with Crippen LogP contribution in [-0.4, -0.2) is 25.9 Å². The summed E-state index contributed by atoms with van der Waals surface area (Å²) < 4.78 is 1.50. The second-order valence-electron chi connectivity index (χ2n) is 7.73.